The summed E-state index contributed by atoms with van der Waals surface area (Å²) in [6.07, 6.45) is 2.82. The van der Waals surface area contributed by atoms with Crippen molar-refractivity contribution in [2.45, 2.75) is 31.8 Å². The van der Waals surface area contributed by atoms with Gasteiger partial charge < -0.3 is 10.1 Å². The molecule has 5 nitrogen and oxygen atoms in total. The first-order chi connectivity index (χ1) is 12.2. The maximum absolute atomic E-state index is 12.2. The number of methoxy groups -OCH3 is 1. The number of hydrogen-bond acceptors (Lipinski definition) is 5. The summed E-state index contributed by atoms with van der Waals surface area (Å²) in [7, 11) is 1.66. The number of nitrogens with one attached hydrogen (secondary N) is 1. The summed E-state index contributed by atoms with van der Waals surface area (Å²) in [5.41, 5.74) is 1.74. The van der Waals surface area contributed by atoms with Crippen LogP contribution in [0.5, 0.6) is 5.75 Å². The minimum absolute atomic E-state index is 0.0423. The third kappa shape index (κ3) is 4.81. The Morgan fingerprint density at radius 3 is 2.76 bits per heavy atom. The van der Waals surface area contributed by atoms with Crippen LogP contribution in [0.25, 0.3) is 0 Å². The van der Waals surface area contributed by atoms with E-state index in [1.165, 1.54) is 29.7 Å². The first-order valence-electron chi connectivity index (χ1n) is 8.34. The average Bonchev–Trinajstić information content (AvgIpc) is 3.38. The quantitative estimate of drug-likeness (QED) is 0.785. The van der Waals surface area contributed by atoms with Crippen molar-refractivity contribution >= 4 is 22.2 Å². The number of thiophene rings is 1. The van der Waals surface area contributed by atoms with E-state index < -0.39 is 0 Å². The highest BCUT2D eigenvalue weighted by molar-refractivity contribution is 7.14. The first kappa shape index (κ1) is 17.5. The fourth-order valence-corrected chi connectivity index (χ4v) is 3.48. The van der Waals surface area contributed by atoms with Crippen molar-refractivity contribution in [3.05, 3.63) is 46.8 Å². The van der Waals surface area contributed by atoms with Crippen LogP contribution in [0.4, 0.5) is 5.00 Å². The molecule has 1 aliphatic rings. The largest absolute Gasteiger partial charge is 0.497 e. The van der Waals surface area contributed by atoms with Gasteiger partial charge in [0.2, 0.25) is 5.91 Å². The highest BCUT2D eigenvalue weighted by Gasteiger charge is 2.29. The lowest BCUT2D eigenvalue weighted by Gasteiger charge is -2.22. The minimum atomic E-state index is -0.0423. The molecular formula is C19H21N3O2S. The number of nitriles is 1. The second-order valence-electron chi connectivity index (χ2n) is 6.12. The van der Waals surface area contributed by atoms with Crippen molar-refractivity contribution in [3.8, 4) is 11.8 Å². The number of benzene rings is 1. The summed E-state index contributed by atoms with van der Waals surface area (Å²) in [6, 6.07) is 12.5. The normalized spacial score (nSPS) is 13.5. The Labute approximate surface area is 151 Å². The van der Waals surface area contributed by atoms with E-state index >= 15 is 0 Å². The average molecular weight is 355 g/mol. The lowest BCUT2D eigenvalue weighted by molar-refractivity contribution is -0.116. The summed E-state index contributed by atoms with van der Waals surface area (Å²) >= 11 is 1.38. The number of nitrogens with zero attached hydrogens (tertiary/aromatic N) is 2. The zero-order valence-electron chi connectivity index (χ0n) is 14.2. The number of hydrogen-bond donors (Lipinski definition) is 1. The first-order valence-corrected chi connectivity index (χ1v) is 9.22. The van der Waals surface area contributed by atoms with Crippen LogP contribution in [0, 0.1) is 11.3 Å². The van der Waals surface area contributed by atoms with E-state index in [4.69, 9.17) is 10.00 Å². The van der Waals surface area contributed by atoms with Gasteiger partial charge in [-0.2, -0.15) is 5.26 Å². The maximum atomic E-state index is 12.2. The van der Waals surface area contributed by atoms with Crippen LogP contribution in [-0.2, 0) is 11.3 Å². The minimum Gasteiger partial charge on any atom is -0.497 e. The van der Waals surface area contributed by atoms with Gasteiger partial charge in [0, 0.05) is 25.6 Å². The smallest absolute Gasteiger partial charge is 0.226 e. The zero-order chi connectivity index (χ0) is 17.6. The van der Waals surface area contributed by atoms with Crippen LogP contribution < -0.4 is 10.1 Å². The Morgan fingerprint density at radius 1 is 1.36 bits per heavy atom. The van der Waals surface area contributed by atoms with Crippen molar-refractivity contribution in [1.29, 1.82) is 5.26 Å². The summed E-state index contributed by atoms with van der Waals surface area (Å²) < 4.78 is 5.19. The Hall–Kier alpha value is -2.36. The summed E-state index contributed by atoms with van der Waals surface area (Å²) in [5.74, 6) is 0.810. The van der Waals surface area contributed by atoms with Crippen molar-refractivity contribution in [2.75, 3.05) is 19.0 Å². The van der Waals surface area contributed by atoms with E-state index in [9.17, 15) is 4.79 Å². The molecule has 1 heterocycles. The summed E-state index contributed by atoms with van der Waals surface area (Å²) in [5, 5.41) is 14.3. The molecule has 6 heteroatoms. The van der Waals surface area contributed by atoms with Crippen LogP contribution in [0.3, 0.4) is 0 Å². The molecule has 0 unspecified atom stereocenters. The predicted octanol–water partition coefficient (Wildman–Crippen LogP) is 3.62. The van der Waals surface area contributed by atoms with Crippen LogP contribution in [-0.4, -0.2) is 30.5 Å². The molecule has 0 spiro atoms. The van der Waals surface area contributed by atoms with Gasteiger partial charge in [-0.25, -0.2) is 0 Å². The third-order valence-electron chi connectivity index (χ3n) is 4.27. The van der Waals surface area contributed by atoms with Gasteiger partial charge in [-0.15, -0.1) is 11.3 Å². The summed E-state index contributed by atoms with van der Waals surface area (Å²) in [4.78, 5) is 14.6. The molecule has 3 rings (SSSR count). The Bertz CT molecular complexity index is 760. The standard InChI is InChI=1S/C19H21N3O2S/c1-24-17-6-2-14(3-7-17)13-22(16-4-5-16)10-8-18(23)21-19-15(12-20)9-11-25-19/h2-3,6-7,9,11,16H,4-5,8,10,13H2,1H3,(H,21,23). The van der Waals surface area contributed by atoms with Crippen LogP contribution in [0.1, 0.15) is 30.4 Å². The molecular weight excluding hydrogens is 334 g/mol. The van der Waals surface area contributed by atoms with Crippen LogP contribution in [0.15, 0.2) is 35.7 Å². The van der Waals surface area contributed by atoms with E-state index in [2.05, 4.69) is 28.4 Å². The van der Waals surface area contributed by atoms with Gasteiger partial charge in [0.25, 0.3) is 0 Å². The molecule has 2 aromatic rings. The SMILES string of the molecule is COc1ccc(CN(CCC(=O)Nc2sccc2C#N)C2CC2)cc1. The maximum Gasteiger partial charge on any atom is 0.226 e. The van der Waals surface area contributed by atoms with E-state index in [0.717, 1.165) is 18.8 Å². The van der Waals surface area contributed by atoms with Crippen molar-refractivity contribution < 1.29 is 9.53 Å². The number of carbonyl (C=O) groups excluding carboxylic acids is 1. The summed E-state index contributed by atoms with van der Waals surface area (Å²) in [6.45, 7) is 1.56. The van der Waals surface area contributed by atoms with Gasteiger partial charge in [-0.05, 0) is 42.0 Å². The molecule has 130 valence electrons. The molecule has 1 amide bonds. The second kappa shape index (κ2) is 8.15. The van der Waals surface area contributed by atoms with E-state index in [1.54, 1.807) is 13.2 Å². The molecule has 0 atom stereocenters. The number of amides is 1. The molecule has 0 bridgehead atoms. The van der Waals surface area contributed by atoms with Gasteiger partial charge in [-0.3, -0.25) is 9.69 Å². The molecule has 0 radical (unpaired) electrons. The van der Waals surface area contributed by atoms with Crippen LogP contribution >= 0.6 is 11.3 Å². The molecule has 0 aliphatic heterocycles. The monoisotopic (exact) mass is 355 g/mol. The van der Waals surface area contributed by atoms with Crippen molar-refractivity contribution in [1.82, 2.24) is 4.90 Å². The predicted molar refractivity (Wildman–Crippen MR) is 98.7 cm³/mol. The van der Waals surface area contributed by atoms with Gasteiger partial charge in [0.05, 0.1) is 12.7 Å². The number of ether oxygens (including phenoxy) is 1. The molecule has 1 fully saturated rings. The van der Waals surface area contributed by atoms with Crippen molar-refractivity contribution in [2.24, 2.45) is 0 Å². The van der Waals surface area contributed by atoms with E-state index in [-0.39, 0.29) is 5.91 Å². The van der Waals surface area contributed by atoms with Gasteiger partial charge in [0.15, 0.2) is 0 Å². The second-order valence-corrected chi connectivity index (χ2v) is 7.04. The molecule has 1 N–H and O–H groups in total. The molecule has 0 saturated heterocycles. The van der Waals surface area contributed by atoms with Gasteiger partial charge in [0.1, 0.15) is 16.8 Å². The topological polar surface area (TPSA) is 65.4 Å². The lowest BCUT2D eigenvalue weighted by atomic mass is 10.2. The Kier molecular flexibility index (Phi) is 5.69. The third-order valence-corrected chi connectivity index (χ3v) is 5.10. The van der Waals surface area contributed by atoms with Gasteiger partial charge >= 0.3 is 0 Å². The number of rotatable bonds is 8. The van der Waals surface area contributed by atoms with E-state index in [1.807, 2.05) is 17.5 Å². The Morgan fingerprint density at radius 2 is 2.12 bits per heavy atom. The van der Waals surface area contributed by atoms with Crippen molar-refractivity contribution in [3.63, 3.8) is 0 Å². The molecule has 1 saturated carbocycles. The highest BCUT2D eigenvalue weighted by Crippen LogP contribution is 2.29. The highest BCUT2D eigenvalue weighted by atomic mass is 32.1. The molecule has 1 aliphatic carbocycles. The molecule has 25 heavy (non-hydrogen) atoms. The van der Waals surface area contributed by atoms with Gasteiger partial charge in [-0.1, -0.05) is 12.1 Å². The number of anilines is 1. The van der Waals surface area contributed by atoms with E-state index in [0.29, 0.717) is 23.0 Å². The molecule has 1 aromatic carbocycles. The fourth-order valence-electron chi connectivity index (χ4n) is 2.72. The molecule has 1 aromatic heterocycles. The zero-order valence-corrected chi connectivity index (χ0v) is 15.0. The fraction of sp³-hybridized carbons (Fsp3) is 0.368. The number of carbonyl (C=O) groups is 1. The Balaban J connectivity index is 1.53. The lowest BCUT2D eigenvalue weighted by Crippen LogP contribution is -2.29. The van der Waals surface area contributed by atoms with Crippen LogP contribution in [0.2, 0.25) is 0 Å².